The molecule has 0 rings (SSSR count). The molecule has 1 radical (unpaired) electrons. The Hall–Kier alpha value is 1.92. The van der Waals surface area contributed by atoms with E-state index in [2.05, 4.69) is 0 Å². The van der Waals surface area contributed by atoms with Gasteiger partial charge in [-0.1, -0.05) is 0 Å². The smallest absolute Gasteiger partial charge is 1.00 e. The number of aliphatic carboxylic acids is 2. The third kappa shape index (κ3) is 26.5. The molecule has 0 aromatic rings. The van der Waals surface area contributed by atoms with Gasteiger partial charge in [0.25, 0.3) is 0 Å². The monoisotopic (exact) mass is 445 g/mol. The first kappa shape index (κ1) is 59.8. The first-order chi connectivity index (χ1) is 4.46. The number of aliphatic hydroxyl groups excluding tert-OH is 2. The quantitative estimate of drug-likeness (QED) is 0.319. The minimum absolute atomic E-state index is 0. The molecule has 6 nitrogen and oxygen atoms in total. The zero-order valence-corrected chi connectivity index (χ0v) is 14.3. The molecule has 4 N–H and O–H groups in total. The summed E-state index contributed by atoms with van der Waals surface area (Å²) in [5.74, 6) is -3.54. The summed E-state index contributed by atoms with van der Waals surface area (Å²) in [6.07, 6.45) is -4.53. The zero-order chi connectivity index (χ0) is 8.31. The van der Waals surface area contributed by atoms with Gasteiger partial charge in [-0.3, -0.25) is 0 Å². The average molecular weight is 448 g/mol. The first-order valence-corrected chi connectivity index (χ1v) is 2.28. The maximum absolute atomic E-state index is 9.77. The van der Waals surface area contributed by atoms with Gasteiger partial charge in [0, 0.05) is 0 Å². The molecule has 0 bridgehead atoms. The van der Waals surface area contributed by atoms with E-state index in [1.165, 1.54) is 0 Å². The van der Waals surface area contributed by atoms with Gasteiger partial charge in [0.05, 0.1) is 0 Å². The van der Waals surface area contributed by atoms with Crippen LogP contribution in [0.4, 0.5) is 0 Å². The fraction of sp³-hybridized carbons (Fsp3) is 0.500. The molecule has 18 heavy (non-hydrogen) atoms. The van der Waals surface area contributed by atoms with Crippen molar-refractivity contribution in [3.63, 3.8) is 0 Å². The predicted molar refractivity (Wildman–Crippen MR) is 27.3 cm³/mol. The molecule has 0 spiro atoms. The summed E-state index contributed by atoms with van der Waals surface area (Å²) in [4.78, 5) is 19.5. The van der Waals surface area contributed by atoms with Crippen molar-refractivity contribution in [1.82, 2.24) is 0 Å². The molecule has 0 aliphatic heterocycles. The van der Waals surface area contributed by atoms with Gasteiger partial charge in [-0.05, 0) is 0 Å². The van der Waals surface area contributed by atoms with Gasteiger partial charge in [0.15, 0.2) is 12.2 Å². The predicted octanol–water partition coefficient (Wildman–Crippen LogP) is -20.1. The van der Waals surface area contributed by atoms with Crippen LogP contribution in [0.5, 0.6) is 0 Å². The Kier molecular flexibility index (Phi) is 104. The largest absolute Gasteiger partial charge is 2.00 e. The molecule has 0 fully saturated rings. The van der Waals surface area contributed by atoms with Crippen molar-refractivity contribution in [1.29, 1.82) is 0 Å². The molecular formula is C4H6Cl5LiMnNiO6. The van der Waals surface area contributed by atoms with E-state index >= 15 is 0 Å². The number of carboxylic acid groups (broad SMARTS) is 2. The summed E-state index contributed by atoms with van der Waals surface area (Å²) >= 11 is 0. The molecule has 0 saturated carbocycles. The standard InChI is InChI=1S/C4H6O6.5ClH.Li.Mn.Ni/c5-1(3(7)8)2(6)4(9)10;;;;;;;;/h1-2,5-6H,(H,7,8)(H,9,10);5*1H;;;/q;;;;;;+1;2*+2/p-5. The zero-order valence-electron chi connectivity index (χ0n) is 8.34. The second kappa shape index (κ2) is 31.4. The van der Waals surface area contributed by atoms with Crippen LogP contribution in [0.15, 0.2) is 0 Å². The Bertz CT molecular complexity index is 164. The van der Waals surface area contributed by atoms with E-state index in [-0.39, 0.29) is 114 Å². The molecular weight excluding hydrogens is 442 g/mol. The molecule has 111 valence electrons. The van der Waals surface area contributed by atoms with Crippen LogP contribution in [-0.2, 0) is 43.1 Å². The van der Waals surface area contributed by atoms with Gasteiger partial charge in [0.2, 0.25) is 0 Å². The summed E-state index contributed by atoms with van der Waals surface area (Å²) in [5.41, 5.74) is 0. The third-order valence-electron chi connectivity index (χ3n) is 0.805. The summed E-state index contributed by atoms with van der Waals surface area (Å²) in [6, 6.07) is 0. The number of halogens is 5. The van der Waals surface area contributed by atoms with Gasteiger partial charge in [-0.2, -0.15) is 0 Å². The van der Waals surface area contributed by atoms with Crippen LogP contribution in [0.25, 0.3) is 0 Å². The SMILES string of the molecule is O=C(O)C(O)C(O)C(=O)O.[Cl-].[Cl-].[Cl-].[Cl-].[Cl-].[Li+].[Mn+2].[Ni+2]. The summed E-state index contributed by atoms with van der Waals surface area (Å²) in [6.45, 7) is 0. The molecule has 0 aliphatic carbocycles. The van der Waals surface area contributed by atoms with Crippen LogP contribution >= 0.6 is 0 Å². The van der Waals surface area contributed by atoms with Crippen molar-refractivity contribution in [3.05, 3.63) is 0 Å². The summed E-state index contributed by atoms with van der Waals surface area (Å²) in [7, 11) is 0. The van der Waals surface area contributed by atoms with Gasteiger partial charge < -0.3 is 82.5 Å². The van der Waals surface area contributed by atoms with Crippen molar-refractivity contribution in [3.8, 4) is 0 Å². The van der Waals surface area contributed by atoms with E-state index in [0.717, 1.165) is 0 Å². The van der Waals surface area contributed by atoms with Crippen molar-refractivity contribution < 1.29 is 144 Å². The van der Waals surface area contributed by atoms with Crippen LogP contribution in [0.1, 0.15) is 0 Å². The van der Waals surface area contributed by atoms with Crippen molar-refractivity contribution in [2.24, 2.45) is 0 Å². The molecule has 0 amide bonds. The van der Waals surface area contributed by atoms with E-state index in [1.54, 1.807) is 0 Å². The minimum Gasteiger partial charge on any atom is -1.00 e. The molecule has 2 unspecified atom stereocenters. The third-order valence-corrected chi connectivity index (χ3v) is 0.805. The Morgan fingerprint density at radius 3 is 0.889 bits per heavy atom. The van der Waals surface area contributed by atoms with Crippen molar-refractivity contribution >= 4 is 11.9 Å². The number of carbonyl (C=O) groups is 2. The van der Waals surface area contributed by atoms with E-state index in [9.17, 15) is 9.59 Å². The van der Waals surface area contributed by atoms with E-state index in [0.29, 0.717) is 0 Å². The Labute approximate surface area is 167 Å². The van der Waals surface area contributed by atoms with Gasteiger partial charge in [-0.15, -0.1) is 0 Å². The van der Waals surface area contributed by atoms with E-state index < -0.39 is 24.1 Å². The second-order valence-electron chi connectivity index (χ2n) is 1.57. The van der Waals surface area contributed by atoms with E-state index in [1.807, 2.05) is 0 Å². The van der Waals surface area contributed by atoms with Crippen LogP contribution in [-0.4, -0.2) is 44.6 Å². The van der Waals surface area contributed by atoms with Gasteiger partial charge >= 0.3 is 64.4 Å². The van der Waals surface area contributed by atoms with Crippen LogP contribution in [0.2, 0.25) is 0 Å². The average Bonchev–Trinajstić information content (AvgIpc) is 1.84. The molecule has 0 heterocycles. The number of aliphatic hydroxyl groups is 2. The second-order valence-corrected chi connectivity index (χ2v) is 1.57. The van der Waals surface area contributed by atoms with Crippen LogP contribution in [0.3, 0.4) is 0 Å². The van der Waals surface area contributed by atoms with Crippen LogP contribution in [0, 0.1) is 0 Å². The molecule has 0 aromatic carbocycles. The minimum atomic E-state index is -2.27. The van der Waals surface area contributed by atoms with Crippen molar-refractivity contribution in [2.75, 3.05) is 0 Å². The van der Waals surface area contributed by atoms with Gasteiger partial charge in [-0.25, -0.2) is 9.59 Å². The number of carboxylic acids is 2. The van der Waals surface area contributed by atoms with Crippen LogP contribution < -0.4 is 80.9 Å². The fourth-order valence-electron chi connectivity index (χ4n) is 0.270. The molecule has 0 aromatic heterocycles. The Morgan fingerprint density at radius 2 is 0.833 bits per heavy atom. The van der Waals surface area contributed by atoms with Gasteiger partial charge in [0.1, 0.15) is 0 Å². The summed E-state index contributed by atoms with van der Waals surface area (Å²) in [5, 5.41) is 32.5. The van der Waals surface area contributed by atoms with Crippen molar-refractivity contribution in [2.45, 2.75) is 12.2 Å². The summed E-state index contributed by atoms with van der Waals surface area (Å²) < 4.78 is 0. The van der Waals surface area contributed by atoms with E-state index in [4.69, 9.17) is 20.4 Å². The molecule has 2 atom stereocenters. The number of hydrogen-bond acceptors (Lipinski definition) is 4. The Balaban J connectivity index is -0.0000000145. The first-order valence-electron chi connectivity index (χ1n) is 2.28. The maximum Gasteiger partial charge on any atom is 2.00 e. The maximum atomic E-state index is 9.77. The topological polar surface area (TPSA) is 115 Å². The number of hydrogen-bond donors (Lipinski definition) is 4. The number of rotatable bonds is 3. The fourth-order valence-corrected chi connectivity index (χ4v) is 0.270. The normalized spacial score (nSPS) is 8.78. The Morgan fingerprint density at radius 1 is 0.722 bits per heavy atom. The molecule has 14 heteroatoms. The molecule has 0 aliphatic rings. The molecule has 0 saturated heterocycles.